The minimum Gasteiger partial charge on any atom is -0.316 e. The van der Waals surface area contributed by atoms with Crippen molar-refractivity contribution in [3.8, 4) is 0 Å². The van der Waals surface area contributed by atoms with Crippen LogP contribution >= 0.6 is 11.8 Å². The van der Waals surface area contributed by atoms with Crippen LogP contribution < -0.4 is 10.0 Å². The lowest BCUT2D eigenvalue weighted by Crippen LogP contribution is -2.38. The van der Waals surface area contributed by atoms with Crippen LogP contribution in [-0.2, 0) is 16.6 Å². The van der Waals surface area contributed by atoms with Crippen molar-refractivity contribution >= 4 is 21.8 Å². The van der Waals surface area contributed by atoms with E-state index in [9.17, 15) is 12.8 Å². The molecule has 0 saturated carbocycles. The van der Waals surface area contributed by atoms with E-state index in [1.165, 1.54) is 13.0 Å². The summed E-state index contributed by atoms with van der Waals surface area (Å²) in [6.07, 6.45) is 1.84. The van der Waals surface area contributed by atoms with Gasteiger partial charge in [0.2, 0.25) is 10.0 Å². The van der Waals surface area contributed by atoms with Crippen LogP contribution in [0.2, 0.25) is 0 Å². The van der Waals surface area contributed by atoms with Crippen LogP contribution in [0.25, 0.3) is 0 Å². The number of rotatable bonds is 5. The summed E-state index contributed by atoms with van der Waals surface area (Å²) >= 11 is 1.75. The Kier molecular flexibility index (Phi) is 5.65. The molecule has 1 aliphatic heterocycles. The Bertz CT molecular complexity index is 599. The van der Waals surface area contributed by atoms with E-state index in [2.05, 4.69) is 10.0 Å². The van der Waals surface area contributed by atoms with Gasteiger partial charge in [0.25, 0.3) is 0 Å². The topological polar surface area (TPSA) is 58.2 Å². The van der Waals surface area contributed by atoms with Gasteiger partial charge in [0, 0.05) is 23.9 Å². The maximum Gasteiger partial charge on any atom is 0.241 e. The van der Waals surface area contributed by atoms with Crippen LogP contribution in [0, 0.1) is 12.7 Å². The number of halogens is 1. The van der Waals surface area contributed by atoms with Gasteiger partial charge >= 0.3 is 0 Å². The first-order chi connectivity index (χ1) is 9.94. The predicted molar refractivity (Wildman–Crippen MR) is 84.6 cm³/mol. The second-order valence-electron chi connectivity index (χ2n) is 5.27. The molecular weight excluding hydrogens is 311 g/mol. The van der Waals surface area contributed by atoms with Crippen molar-refractivity contribution in [1.29, 1.82) is 0 Å². The average molecular weight is 332 g/mol. The summed E-state index contributed by atoms with van der Waals surface area (Å²) in [6.45, 7) is 1.93. The zero-order chi connectivity index (χ0) is 15.5. The zero-order valence-corrected chi connectivity index (χ0v) is 13.9. The Labute approximate surface area is 129 Å². The molecule has 1 fully saturated rings. The highest BCUT2D eigenvalue weighted by molar-refractivity contribution is 7.99. The van der Waals surface area contributed by atoms with E-state index in [4.69, 9.17) is 0 Å². The molecule has 2 N–H and O–H groups in total. The van der Waals surface area contributed by atoms with E-state index < -0.39 is 15.8 Å². The molecule has 1 atom stereocenters. The maximum atomic E-state index is 13.9. The lowest BCUT2D eigenvalue weighted by atomic mass is 10.1. The van der Waals surface area contributed by atoms with Crippen molar-refractivity contribution in [3.05, 3.63) is 29.1 Å². The summed E-state index contributed by atoms with van der Waals surface area (Å²) < 4.78 is 41.7. The van der Waals surface area contributed by atoms with E-state index in [0.717, 1.165) is 24.3 Å². The minimum absolute atomic E-state index is 0.0447. The molecule has 1 aliphatic rings. The first-order valence-corrected chi connectivity index (χ1v) is 9.61. The number of nitrogens with one attached hydrogen (secondary N) is 2. The molecule has 0 spiro atoms. The molecule has 1 heterocycles. The van der Waals surface area contributed by atoms with Crippen molar-refractivity contribution in [2.75, 3.05) is 18.6 Å². The molecule has 1 saturated heterocycles. The summed E-state index contributed by atoms with van der Waals surface area (Å²) in [4.78, 5) is 0.0447. The van der Waals surface area contributed by atoms with Gasteiger partial charge in [-0.25, -0.2) is 17.5 Å². The van der Waals surface area contributed by atoms with Gasteiger partial charge in [0.1, 0.15) is 5.82 Å². The Balaban J connectivity index is 2.29. The highest BCUT2D eigenvalue weighted by atomic mass is 32.2. The second kappa shape index (κ2) is 7.09. The van der Waals surface area contributed by atoms with Gasteiger partial charge in [-0.15, -0.1) is 0 Å². The van der Waals surface area contributed by atoms with E-state index in [1.54, 1.807) is 24.9 Å². The maximum absolute atomic E-state index is 13.9. The van der Waals surface area contributed by atoms with Crippen molar-refractivity contribution in [1.82, 2.24) is 10.0 Å². The largest absolute Gasteiger partial charge is 0.316 e. The third-order valence-electron chi connectivity index (χ3n) is 3.51. The van der Waals surface area contributed by atoms with E-state index in [0.29, 0.717) is 12.1 Å². The molecule has 2 rings (SSSR count). The van der Waals surface area contributed by atoms with Gasteiger partial charge < -0.3 is 5.32 Å². The van der Waals surface area contributed by atoms with Crippen LogP contribution in [-0.4, -0.2) is 33.0 Å². The van der Waals surface area contributed by atoms with Gasteiger partial charge in [0.15, 0.2) is 0 Å². The monoisotopic (exact) mass is 332 g/mol. The first kappa shape index (κ1) is 16.7. The fraction of sp³-hybridized carbons (Fsp3) is 0.571. The molecule has 0 bridgehead atoms. The second-order valence-corrected chi connectivity index (χ2v) is 8.10. The fourth-order valence-electron chi connectivity index (χ4n) is 2.41. The average Bonchev–Trinajstić information content (AvgIpc) is 2.43. The van der Waals surface area contributed by atoms with E-state index in [-0.39, 0.29) is 16.5 Å². The third kappa shape index (κ3) is 4.18. The van der Waals surface area contributed by atoms with Crippen molar-refractivity contribution in [2.45, 2.75) is 37.2 Å². The highest BCUT2D eigenvalue weighted by Gasteiger charge is 2.25. The quantitative estimate of drug-likeness (QED) is 0.866. The SMILES string of the molecule is CNCc1cc(F)c(C)c(S(=O)(=O)NC2CCCSC2)c1. The van der Waals surface area contributed by atoms with Crippen LogP contribution in [0.15, 0.2) is 17.0 Å². The Morgan fingerprint density at radius 1 is 1.43 bits per heavy atom. The molecule has 1 aromatic rings. The van der Waals surface area contributed by atoms with Gasteiger partial charge in [-0.1, -0.05) is 0 Å². The molecule has 0 aliphatic carbocycles. The van der Waals surface area contributed by atoms with Gasteiger partial charge in [-0.2, -0.15) is 11.8 Å². The van der Waals surface area contributed by atoms with Crippen LogP contribution in [0.5, 0.6) is 0 Å². The van der Waals surface area contributed by atoms with Crippen molar-refractivity contribution in [3.63, 3.8) is 0 Å². The summed E-state index contributed by atoms with van der Waals surface area (Å²) in [5.74, 6) is 1.36. The standard InChI is InChI=1S/C14H21FN2O2S2/c1-10-13(15)6-11(8-16-2)7-14(10)21(18,19)17-12-4-3-5-20-9-12/h6-7,12,16-17H,3-5,8-9H2,1-2H3. The van der Waals surface area contributed by atoms with Gasteiger partial charge in [0.05, 0.1) is 4.90 Å². The molecule has 118 valence electrons. The number of thioether (sulfide) groups is 1. The number of hydrogen-bond acceptors (Lipinski definition) is 4. The molecule has 1 unspecified atom stereocenters. The molecule has 21 heavy (non-hydrogen) atoms. The molecule has 7 heteroatoms. The molecule has 0 radical (unpaired) electrons. The lowest BCUT2D eigenvalue weighted by Gasteiger charge is -2.23. The Morgan fingerprint density at radius 3 is 2.81 bits per heavy atom. The van der Waals surface area contributed by atoms with Crippen molar-refractivity contribution in [2.24, 2.45) is 0 Å². The first-order valence-electron chi connectivity index (χ1n) is 6.97. The normalized spacial score (nSPS) is 19.7. The number of sulfonamides is 1. The Morgan fingerprint density at radius 2 is 2.19 bits per heavy atom. The number of hydrogen-bond donors (Lipinski definition) is 2. The summed E-state index contributed by atoms with van der Waals surface area (Å²) in [5.41, 5.74) is 0.796. The third-order valence-corrected chi connectivity index (χ3v) is 6.37. The smallest absolute Gasteiger partial charge is 0.241 e. The molecule has 1 aromatic carbocycles. The fourth-order valence-corrected chi connectivity index (χ4v) is 5.16. The van der Waals surface area contributed by atoms with Crippen LogP contribution in [0.3, 0.4) is 0 Å². The van der Waals surface area contributed by atoms with Gasteiger partial charge in [-0.3, -0.25) is 0 Å². The summed E-state index contributed by atoms with van der Waals surface area (Å²) in [6, 6.07) is 2.86. The van der Waals surface area contributed by atoms with Gasteiger partial charge in [-0.05, 0) is 50.3 Å². The molecular formula is C14H21FN2O2S2. The minimum atomic E-state index is -3.69. The van der Waals surface area contributed by atoms with E-state index in [1.807, 2.05) is 0 Å². The molecule has 0 aromatic heterocycles. The Hall–Kier alpha value is -0.630. The van der Waals surface area contributed by atoms with Crippen molar-refractivity contribution < 1.29 is 12.8 Å². The lowest BCUT2D eigenvalue weighted by molar-refractivity contribution is 0.539. The summed E-state index contributed by atoms with van der Waals surface area (Å²) in [5, 5.41) is 2.91. The molecule has 0 amide bonds. The zero-order valence-electron chi connectivity index (χ0n) is 12.3. The predicted octanol–water partition coefficient (Wildman–Crippen LogP) is 2.03. The molecule has 4 nitrogen and oxygen atoms in total. The highest BCUT2D eigenvalue weighted by Crippen LogP contribution is 2.23. The summed E-state index contributed by atoms with van der Waals surface area (Å²) in [7, 11) is -1.95. The van der Waals surface area contributed by atoms with E-state index >= 15 is 0 Å². The van der Waals surface area contributed by atoms with Crippen LogP contribution in [0.1, 0.15) is 24.0 Å². The number of benzene rings is 1. The van der Waals surface area contributed by atoms with Crippen LogP contribution in [0.4, 0.5) is 4.39 Å².